The van der Waals surface area contributed by atoms with Crippen LogP contribution in [0, 0.1) is 13.8 Å². The Kier molecular flexibility index (Phi) is 11.1. The summed E-state index contributed by atoms with van der Waals surface area (Å²) in [6.07, 6.45) is 6.69. The molecular formula is C29H39Cl2N3O4S. The van der Waals surface area contributed by atoms with Crippen molar-refractivity contribution in [1.29, 1.82) is 0 Å². The Bertz CT molecular complexity index is 1260. The summed E-state index contributed by atoms with van der Waals surface area (Å²) in [5.74, 6) is -0.489. The van der Waals surface area contributed by atoms with E-state index in [1.165, 1.54) is 15.6 Å². The summed E-state index contributed by atoms with van der Waals surface area (Å²) in [7, 11) is -3.56. The van der Waals surface area contributed by atoms with E-state index in [0.717, 1.165) is 43.1 Å². The van der Waals surface area contributed by atoms with Gasteiger partial charge in [-0.05, 0) is 75.4 Å². The second-order valence-electron chi connectivity index (χ2n) is 10.4. The molecule has 0 saturated heterocycles. The minimum atomic E-state index is -3.56. The van der Waals surface area contributed by atoms with Crippen molar-refractivity contribution in [3.8, 4) is 0 Å². The summed E-state index contributed by atoms with van der Waals surface area (Å²) in [5, 5.41) is 3.94. The lowest BCUT2D eigenvalue weighted by Gasteiger charge is -2.32. The molecule has 1 N–H and O–H groups in total. The Morgan fingerprint density at radius 3 is 2.26 bits per heavy atom. The molecule has 2 aromatic rings. The Morgan fingerprint density at radius 2 is 1.67 bits per heavy atom. The van der Waals surface area contributed by atoms with Gasteiger partial charge < -0.3 is 10.2 Å². The number of benzene rings is 2. The summed E-state index contributed by atoms with van der Waals surface area (Å²) in [6, 6.07) is 9.98. The minimum Gasteiger partial charge on any atom is -0.352 e. The zero-order chi connectivity index (χ0) is 28.7. The summed E-state index contributed by atoms with van der Waals surface area (Å²) in [4.78, 5) is 28.3. The number of amides is 2. The highest BCUT2D eigenvalue weighted by atomic mass is 35.5. The fourth-order valence-electron chi connectivity index (χ4n) is 4.89. The van der Waals surface area contributed by atoms with Crippen LogP contribution in [0.1, 0.15) is 68.6 Å². The molecule has 0 spiro atoms. The third-order valence-electron chi connectivity index (χ3n) is 7.44. The third-order valence-corrected chi connectivity index (χ3v) is 9.34. The number of hydrogen-bond donors (Lipinski definition) is 1. The van der Waals surface area contributed by atoms with E-state index in [1.807, 2.05) is 26.0 Å². The van der Waals surface area contributed by atoms with E-state index in [2.05, 4.69) is 5.32 Å². The van der Waals surface area contributed by atoms with E-state index < -0.39 is 16.1 Å². The number of carbonyl (C=O) groups excluding carboxylic acids is 2. The molecule has 214 valence electrons. The Labute approximate surface area is 242 Å². The fraction of sp³-hybridized carbons (Fsp3) is 0.517. The number of anilines is 1. The molecule has 0 heterocycles. The van der Waals surface area contributed by atoms with Gasteiger partial charge in [-0.1, -0.05) is 54.6 Å². The van der Waals surface area contributed by atoms with E-state index in [1.54, 1.807) is 31.2 Å². The Morgan fingerprint density at radius 1 is 1.03 bits per heavy atom. The molecule has 1 atom stereocenters. The van der Waals surface area contributed by atoms with Crippen molar-refractivity contribution in [2.24, 2.45) is 0 Å². The SMILES string of the molecule is Cc1ccc(N(CCCC(=O)N(Cc2c(Cl)cccc2Cl)C(C)C(=O)NC2CCCCC2)S(C)(=O)=O)cc1C. The van der Waals surface area contributed by atoms with Crippen molar-refractivity contribution in [3.63, 3.8) is 0 Å². The molecule has 2 amide bonds. The molecule has 0 bridgehead atoms. The first-order valence-corrected chi connectivity index (χ1v) is 16.1. The quantitative estimate of drug-likeness (QED) is 0.344. The van der Waals surface area contributed by atoms with Gasteiger partial charge in [0.15, 0.2) is 0 Å². The zero-order valence-corrected chi connectivity index (χ0v) is 25.5. The Hall–Kier alpha value is -2.29. The molecule has 3 rings (SSSR count). The molecular weight excluding hydrogens is 557 g/mol. The second-order valence-corrected chi connectivity index (χ2v) is 13.2. The molecule has 1 aliphatic carbocycles. The van der Waals surface area contributed by atoms with Crippen molar-refractivity contribution < 1.29 is 18.0 Å². The highest BCUT2D eigenvalue weighted by Crippen LogP contribution is 2.28. The average Bonchev–Trinajstić information content (AvgIpc) is 2.87. The van der Waals surface area contributed by atoms with Gasteiger partial charge in [0.25, 0.3) is 0 Å². The predicted molar refractivity (Wildman–Crippen MR) is 159 cm³/mol. The topological polar surface area (TPSA) is 86.8 Å². The van der Waals surface area contributed by atoms with Gasteiger partial charge >= 0.3 is 0 Å². The zero-order valence-electron chi connectivity index (χ0n) is 23.2. The van der Waals surface area contributed by atoms with Crippen LogP contribution in [-0.2, 0) is 26.2 Å². The molecule has 0 radical (unpaired) electrons. The first-order chi connectivity index (χ1) is 18.4. The second kappa shape index (κ2) is 13.9. The lowest BCUT2D eigenvalue weighted by Crippen LogP contribution is -2.50. The number of nitrogens with one attached hydrogen (secondary N) is 1. The van der Waals surface area contributed by atoms with Gasteiger partial charge in [-0.3, -0.25) is 13.9 Å². The molecule has 0 aliphatic heterocycles. The molecule has 10 heteroatoms. The number of sulfonamides is 1. The lowest BCUT2D eigenvalue weighted by molar-refractivity contribution is -0.141. The van der Waals surface area contributed by atoms with Gasteiger partial charge in [-0.15, -0.1) is 0 Å². The molecule has 1 fully saturated rings. The van der Waals surface area contributed by atoms with E-state index in [0.29, 0.717) is 21.3 Å². The van der Waals surface area contributed by atoms with Crippen LogP contribution in [0.5, 0.6) is 0 Å². The van der Waals surface area contributed by atoms with Gasteiger partial charge in [0.05, 0.1) is 11.9 Å². The van der Waals surface area contributed by atoms with Crippen molar-refractivity contribution in [2.45, 2.75) is 84.3 Å². The van der Waals surface area contributed by atoms with Gasteiger partial charge in [0.1, 0.15) is 6.04 Å². The summed E-state index contributed by atoms with van der Waals surface area (Å²) >= 11 is 12.8. The number of nitrogens with zero attached hydrogens (tertiary/aromatic N) is 2. The van der Waals surface area contributed by atoms with Crippen LogP contribution in [0.3, 0.4) is 0 Å². The predicted octanol–water partition coefficient (Wildman–Crippen LogP) is 6.02. The van der Waals surface area contributed by atoms with Gasteiger partial charge in [0, 0.05) is 41.2 Å². The minimum absolute atomic E-state index is 0.0555. The van der Waals surface area contributed by atoms with Crippen molar-refractivity contribution in [2.75, 3.05) is 17.1 Å². The van der Waals surface area contributed by atoms with Gasteiger partial charge in [-0.2, -0.15) is 0 Å². The Balaban J connectivity index is 1.77. The summed E-state index contributed by atoms with van der Waals surface area (Å²) < 4.78 is 26.5. The molecule has 1 aliphatic rings. The summed E-state index contributed by atoms with van der Waals surface area (Å²) in [6.45, 7) is 5.81. The fourth-order valence-corrected chi connectivity index (χ4v) is 6.36. The molecule has 0 aromatic heterocycles. The highest BCUT2D eigenvalue weighted by Gasteiger charge is 2.29. The summed E-state index contributed by atoms with van der Waals surface area (Å²) in [5.41, 5.74) is 3.18. The number of aryl methyl sites for hydroxylation is 2. The highest BCUT2D eigenvalue weighted by molar-refractivity contribution is 7.92. The maximum absolute atomic E-state index is 13.6. The van der Waals surface area contributed by atoms with Crippen LogP contribution < -0.4 is 9.62 Å². The number of rotatable bonds is 11. The largest absolute Gasteiger partial charge is 0.352 e. The van der Waals surface area contributed by atoms with E-state index in [4.69, 9.17) is 23.2 Å². The van der Waals surface area contributed by atoms with Crippen molar-refractivity contribution in [3.05, 3.63) is 63.1 Å². The lowest BCUT2D eigenvalue weighted by atomic mass is 9.95. The molecule has 7 nitrogen and oxygen atoms in total. The van der Waals surface area contributed by atoms with Crippen LogP contribution in [0.2, 0.25) is 10.0 Å². The normalized spacial score (nSPS) is 15.0. The number of halogens is 2. The monoisotopic (exact) mass is 595 g/mol. The smallest absolute Gasteiger partial charge is 0.242 e. The first-order valence-electron chi connectivity index (χ1n) is 13.5. The molecule has 2 aromatic carbocycles. The van der Waals surface area contributed by atoms with Crippen LogP contribution in [0.25, 0.3) is 0 Å². The maximum atomic E-state index is 13.6. The van der Waals surface area contributed by atoms with Crippen LogP contribution in [0.15, 0.2) is 36.4 Å². The third kappa shape index (κ3) is 8.60. The molecule has 39 heavy (non-hydrogen) atoms. The maximum Gasteiger partial charge on any atom is 0.242 e. The van der Waals surface area contributed by atoms with Crippen LogP contribution in [0.4, 0.5) is 5.69 Å². The van der Waals surface area contributed by atoms with Crippen molar-refractivity contribution >= 4 is 50.7 Å². The van der Waals surface area contributed by atoms with Gasteiger partial charge in [0.2, 0.25) is 21.8 Å². The molecule has 1 saturated carbocycles. The van der Waals surface area contributed by atoms with Crippen molar-refractivity contribution in [1.82, 2.24) is 10.2 Å². The van der Waals surface area contributed by atoms with E-state index in [-0.39, 0.29) is 43.8 Å². The standard InChI is InChI=1S/C29H39Cl2N3O4S/c1-20-15-16-24(18-21(20)2)34(39(4,37)38)17-9-14-28(35)33(19-25-26(30)12-8-13-27(25)31)22(3)29(36)32-23-10-6-5-7-11-23/h8,12-13,15-16,18,22-23H,5-7,9-11,14,17,19H2,1-4H3,(H,32,36). The molecule has 1 unspecified atom stereocenters. The first kappa shape index (κ1) is 31.2. The van der Waals surface area contributed by atoms with E-state index in [9.17, 15) is 18.0 Å². The van der Waals surface area contributed by atoms with Crippen LogP contribution in [-0.4, -0.2) is 50.0 Å². The van der Waals surface area contributed by atoms with Crippen LogP contribution >= 0.6 is 23.2 Å². The average molecular weight is 597 g/mol. The number of carbonyl (C=O) groups is 2. The van der Waals surface area contributed by atoms with Gasteiger partial charge in [-0.25, -0.2) is 8.42 Å². The number of hydrogen-bond acceptors (Lipinski definition) is 4. The van der Waals surface area contributed by atoms with E-state index >= 15 is 0 Å².